The Labute approximate surface area is 168 Å². The molecule has 1 saturated heterocycles. The number of carbonyl (C=O) groups is 1. The summed E-state index contributed by atoms with van der Waals surface area (Å²) in [6.07, 6.45) is 1.20. The van der Waals surface area contributed by atoms with Gasteiger partial charge in [0, 0.05) is 12.3 Å². The average molecular weight is 393 g/mol. The second-order valence-electron chi connectivity index (χ2n) is 6.91. The number of allylic oxidation sites excluding steroid dienone is 1. The van der Waals surface area contributed by atoms with Crippen molar-refractivity contribution in [1.29, 1.82) is 5.26 Å². The van der Waals surface area contributed by atoms with Gasteiger partial charge >= 0.3 is 0 Å². The number of para-hydroxylation sites is 1. The van der Waals surface area contributed by atoms with E-state index in [0.717, 1.165) is 12.0 Å². The zero-order chi connectivity index (χ0) is 19.7. The van der Waals surface area contributed by atoms with E-state index in [0.29, 0.717) is 22.2 Å². The first kappa shape index (κ1) is 18.6. The van der Waals surface area contributed by atoms with Crippen LogP contribution in [0, 0.1) is 17.1 Å². The summed E-state index contributed by atoms with van der Waals surface area (Å²) >= 11 is 1.42. The van der Waals surface area contributed by atoms with E-state index in [1.54, 1.807) is 23.1 Å². The number of anilines is 1. The van der Waals surface area contributed by atoms with Crippen LogP contribution in [0.5, 0.6) is 0 Å². The van der Waals surface area contributed by atoms with Crippen LogP contribution in [0.3, 0.4) is 0 Å². The molecule has 0 saturated carbocycles. The minimum atomic E-state index is -0.311. The molecule has 6 heteroatoms. The molecule has 2 aromatic carbocycles. The van der Waals surface area contributed by atoms with Gasteiger partial charge in [-0.2, -0.15) is 5.26 Å². The highest BCUT2D eigenvalue weighted by atomic mass is 32.2. The molecule has 0 aromatic heterocycles. The van der Waals surface area contributed by atoms with E-state index in [-0.39, 0.29) is 30.7 Å². The lowest BCUT2D eigenvalue weighted by molar-refractivity contribution is -0.129. The number of hydrogen-bond donors (Lipinski definition) is 0. The Hall–Kier alpha value is -2.78. The number of fused-ring (bicyclic) bond motifs is 1. The standard InChI is InChI=1S/C22H20FN3OS/c1-2-15-7-9-16(10-8-15)17-11-21(27)26-13-25(14-28-22(26)18(17)12-24)20-6-4-3-5-19(20)23/h3-10,17H,2,11,13-14H2,1H3/t17-/m0/s1. The molecule has 1 atom stereocenters. The summed E-state index contributed by atoms with van der Waals surface area (Å²) in [4.78, 5) is 16.4. The second kappa shape index (κ2) is 7.69. The van der Waals surface area contributed by atoms with Crippen molar-refractivity contribution in [1.82, 2.24) is 4.90 Å². The molecule has 2 aliphatic heterocycles. The molecule has 0 bridgehead atoms. The number of nitrogens with zero attached hydrogens (tertiary/aromatic N) is 3. The number of benzene rings is 2. The first-order valence-corrected chi connectivity index (χ1v) is 10.3. The largest absolute Gasteiger partial charge is 0.341 e. The molecule has 4 nitrogen and oxygen atoms in total. The SMILES string of the molecule is CCc1ccc([C@@H]2CC(=O)N3CN(c4ccccc4F)CSC3=C2C#N)cc1. The highest BCUT2D eigenvalue weighted by Crippen LogP contribution is 2.43. The summed E-state index contributed by atoms with van der Waals surface area (Å²) in [5.41, 5.74) is 3.32. The van der Waals surface area contributed by atoms with Crippen molar-refractivity contribution in [3.05, 3.63) is 76.1 Å². The monoisotopic (exact) mass is 393 g/mol. The Kier molecular flexibility index (Phi) is 5.10. The van der Waals surface area contributed by atoms with E-state index in [1.807, 2.05) is 17.0 Å². The minimum Gasteiger partial charge on any atom is -0.341 e. The van der Waals surface area contributed by atoms with Crippen LogP contribution in [-0.4, -0.2) is 23.4 Å². The van der Waals surface area contributed by atoms with E-state index < -0.39 is 0 Å². The average Bonchev–Trinajstić information content (AvgIpc) is 2.74. The molecule has 4 rings (SSSR count). The van der Waals surface area contributed by atoms with Crippen LogP contribution in [-0.2, 0) is 11.2 Å². The zero-order valence-corrected chi connectivity index (χ0v) is 16.4. The molecule has 2 aromatic rings. The van der Waals surface area contributed by atoms with E-state index in [1.165, 1.54) is 23.4 Å². The van der Waals surface area contributed by atoms with Gasteiger partial charge < -0.3 is 4.90 Å². The first-order chi connectivity index (χ1) is 13.6. The molecular weight excluding hydrogens is 373 g/mol. The fourth-order valence-corrected chi connectivity index (χ4v) is 4.85. The molecule has 0 N–H and O–H groups in total. The first-order valence-electron chi connectivity index (χ1n) is 9.28. The second-order valence-corrected chi connectivity index (χ2v) is 7.84. The number of halogens is 1. The molecule has 1 fully saturated rings. The van der Waals surface area contributed by atoms with Gasteiger partial charge in [-0.05, 0) is 29.7 Å². The van der Waals surface area contributed by atoms with Crippen LogP contribution in [0.4, 0.5) is 10.1 Å². The molecular formula is C22H20FN3OS. The lowest BCUT2D eigenvalue weighted by atomic mass is 9.86. The third-order valence-corrected chi connectivity index (χ3v) is 6.43. The minimum absolute atomic E-state index is 0.0351. The molecule has 142 valence electrons. The molecule has 2 aliphatic rings. The number of nitriles is 1. The molecule has 1 amide bonds. The van der Waals surface area contributed by atoms with Crippen LogP contribution in [0.2, 0.25) is 0 Å². The summed E-state index contributed by atoms with van der Waals surface area (Å²) < 4.78 is 14.2. The third kappa shape index (κ3) is 3.27. The number of carbonyl (C=O) groups excluding carboxylic acids is 1. The van der Waals surface area contributed by atoms with Crippen molar-refractivity contribution in [2.45, 2.75) is 25.7 Å². The van der Waals surface area contributed by atoms with E-state index >= 15 is 0 Å². The Morgan fingerprint density at radius 3 is 2.64 bits per heavy atom. The van der Waals surface area contributed by atoms with Crippen molar-refractivity contribution < 1.29 is 9.18 Å². The number of hydrogen-bond acceptors (Lipinski definition) is 4. The maximum Gasteiger partial charge on any atom is 0.229 e. The molecule has 28 heavy (non-hydrogen) atoms. The zero-order valence-electron chi connectivity index (χ0n) is 15.6. The fourth-order valence-electron chi connectivity index (χ4n) is 3.69. The van der Waals surface area contributed by atoms with Gasteiger partial charge in [0.15, 0.2) is 0 Å². The highest BCUT2D eigenvalue weighted by Gasteiger charge is 2.38. The molecule has 0 spiro atoms. The van der Waals surface area contributed by atoms with Gasteiger partial charge in [0.05, 0.1) is 34.9 Å². The van der Waals surface area contributed by atoms with Crippen molar-refractivity contribution in [3.63, 3.8) is 0 Å². The van der Waals surface area contributed by atoms with Crippen molar-refractivity contribution in [2.75, 3.05) is 17.4 Å². The molecule has 2 heterocycles. The van der Waals surface area contributed by atoms with Crippen molar-refractivity contribution in [3.8, 4) is 6.07 Å². The van der Waals surface area contributed by atoms with Crippen LogP contribution < -0.4 is 4.90 Å². The van der Waals surface area contributed by atoms with E-state index in [4.69, 9.17) is 0 Å². The van der Waals surface area contributed by atoms with Crippen LogP contribution >= 0.6 is 11.8 Å². The van der Waals surface area contributed by atoms with Crippen molar-refractivity contribution >= 4 is 23.4 Å². The number of rotatable bonds is 3. The maximum absolute atomic E-state index is 14.2. The third-order valence-electron chi connectivity index (χ3n) is 5.28. The van der Waals surface area contributed by atoms with Gasteiger partial charge in [-0.15, -0.1) is 0 Å². The molecule has 0 radical (unpaired) electrons. The summed E-state index contributed by atoms with van der Waals surface area (Å²) in [6.45, 7) is 2.36. The lowest BCUT2D eigenvalue weighted by Gasteiger charge is -2.42. The molecule has 0 unspecified atom stereocenters. The van der Waals surface area contributed by atoms with Crippen LogP contribution in [0.15, 0.2) is 59.1 Å². The van der Waals surface area contributed by atoms with Gasteiger partial charge in [0.2, 0.25) is 5.91 Å². The summed E-state index contributed by atoms with van der Waals surface area (Å²) in [6, 6.07) is 17.0. The van der Waals surface area contributed by atoms with Gasteiger partial charge in [0.25, 0.3) is 0 Å². The van der Waals surface area contributed by atoms with Crippen LogP contribution in [0.1, 0.15) is 30.4 Å². The van der Waals surface area contributed by atoms with E-state index in [2.05, 4.69) is 25.1 Å². The normalized spacial score (nSPS) is 19.5. The molecule has 0 aliphatic carbocycles. The van der Waals surface area contributed by atoms with Gasteiger partial charge in [-0.25, -0.2) is 4.39 Å². The van der Waals surface area contributed by atoms with Gasteiger partial charge in [-0.3, -0.25) is 9.69 Å². The number of aryl methyl sites for hydroxylation is 1. The van der Waals surface area contributed by atoms with E-state index in [9.17, 15) is 14.4 Å². The smallest absolute Gasteiger partial charge is 0.229 e. The lowest BCUT2D eigenvalue weighted by Crippen LogP contribution is -2.47. The van der Waals surface area contributed by atoms with Crippen LogP contribution in [0.25, 0.3) is 0 Å². The number of thioether (sulfide) groups is 1. The fraction of sp³-hybridized carbons (Fsp3) is 0.273. The predicted octanol–water partition coefficient (Wildman–Crippen LogP) is 4.61. The van der Waals surface area contributed by atoms with Crippen molar-refractivity contribution in [2.24, 2.45) is 0 Å². The predicted molar refractivity (Wildman–Crippen MR) is 109 cm³/mol. The summed E-state index contributed by atoms with van der Waals surface area (Å²) in [7, 11) is 0. The maximum atomic E-state index is 14.2. The Morgan fingerprint density at radius 1 is 1.21 bits per heavy atom. The number of amides is 1. The topological polar surface area (TPSA) is 47.3 Å². The Balaban J connectivity index is 1.66. The highest BCUT2D eigenvalue weighted by molar-refractivity contribution is 8.03. The summed E-state index contributed by atoms with van der Waals surface area (Å²) in [5.74, 6) is -0.0733. The van der Waals surface area contributed by atoms with Gasteiger partial charge in [0.1, 0.15) is 5.82 Å². The Bertz CT molecular complexity index is 980. The Morgan fingerprint density at radius 2 is 1.96 bits per heavy atom. The summed E-state index contributed by atoms with van der Waals surface area (Å²) in [5, 5.41) is 10.5. The van der Waals surface area contributed by atoms with Gasteiger partial charge in [-0.1, -0.05) is 55.1 Å². The quantitative estimate of drug-likeness (QED) is 0.764.